The SMILES string of the molecule is C=CC[C@H](O)[C@H]1OC(C)(C)O[C@H]1[C@H](CCCC)OC(C)=O. The maximum atomic E-state index is 11.3. The van der Waals surface area contributed by atoms with E-state index in [0.29, 0.717) is 12.8 Å². The van der Waals surface area contributed by atoms with Crippen LogP contribution in [-0.2, 0) is 19.0 Å². The van der Waals surface area contributed by atoms with Gasteiger partial charge >= 0.3 is 5.97 Å². The van der Waals surface area contributed by atoms with Crippen LogP contribution in [0.25, 0.3) is 0 Å². The van der Waals surface area contributed by atoms with Gasteiger partial charge in [0.25, 0.3) is 0 Å². The molecule has 5 nitrogen and oxygen atoms in total. The summed E-state index contributed by atoms with van der Waals surface area (Å²) in [6, 6.07) is 0. The van der Waals surface area contributed by atoms with Crippen LogP contribution in [0, 0.1) is 0 Å². The van der Waals surface area contributed by atoms with Crippen molar-refractivity contribution in [1.82, 2.24) is 0 Å². The lowest BCUT2D eigenvalue weighted by atomic mass is 9.97. The number of aliphatic hydroxyl groups is 1. The predicted octanol–water partition coefficient (Wildman–Crippen LogP) is 2.57. The first-order valence-electron chi connectivity index (χ1n) is 7.62. The molecule has 1 saturated heterocycles. The van der Waals surface area contributed by atoms with Gasteiger partial charge in [-0.15, -0.1) is 6.58 Å². The fraction of sp³-hybridized carbons (Fsp3) is 0.812. The molecule has 1 heterocycles. The summed E-state index contributed by atoms with van der Waals surface area (Å²) in [6.45, 7) is 10.7. The van der Waals surface area contributed by atoms with E-state index in [4.69, 9.17) is 14.2 Å². The van der Waals surface area contributed by atoms with Crippen LogP contribution in [0.5, 0.6) is 0 Å². The number of rotatable bonds is 8. The van der Waals surface area contributed by atoms with Gasteiger partial charge in [0.15, 0.2) is 5.79 Å². The number of hydrogen-bond donors (Lipinski definition) is 1. The van der Waals surface area contributed by atoms with E-state index in [1.165, 1.54) is 6.92 Å². The maximum absolute atomic E-state index is 11.3. The predicted molar refractivity (Wildman–Crippen MR) is 79.7 cm³/mol. The largest absolute Gasteiger partial charge is 0.460 e. The van der Waals surface area contributed by atoms with E-state index >= 15 is 0 Å². The highest BCUT2D eigenvalue weighted by atomic mass is 16.8. The summed E-state index contributed by atoms with van der Waals surface area (Å²) in [5, 5.41) is 10.2. The number of hydrogen-bond acceptors (Lipinski definition) is 5. The molecule has 0 unspecified atom stereocenters. The normalized spacial score (nSPS) is 27.1. The second-order valence-corrected chi connectivity index (χ2v) is 5.95. The summed E-state index contributed by atoms with van der Waals surface area (Å²) in [7, 11) is 0. The molecule has 0 radical (unpaired) electrons. The third kappa shape index (κ3) is 5.41. The Labute approximate surface area is 127 Å². The molecule has 1 N–H and O–H groups in total. The van der Waals surface area contributed by atoms with Crippen molar-refractivity contribution in [1.29, 1.82) is 0 Å². The Balaban J connectivity index is 2.88. The molecule has 1 fully saturated rings. The monoisotopic (exact) mass is 300 g/mol. The van der Waals surface area contributed by atoms with Crippen LogP contribution >= 0.6 is 0 Å². The van der Waals surface area contributed by atoms with E-state index in [1.54, 1.807) is 19.9 Å². The lowest BCUT2D eigenvalue weighted by Crippen LogP contribution is -2.44. The van der Waals surface area contributed by atoms with Crippen molar-refractivity contribution in [3.8, 4) is 0 Å². The highest BCUT2D eigenvalue weighted by Crippen LogP contribution is 2.34. The van der Waals surface area contributed by atoms with E-state index < -0.39 is 30.2 Å². The second-order valence-electron chi connectivity index (χ2n) is 5.95. The first-order chi connectivity index (χ1) is 9.80. The smallest absolute Gasteiger partial charge is 0.302 e. The average Bonchev–Trinajstić information content (AvgIpc) is 2.70. The topological polar surface area (TPSA) is 65.0 Å². The molecular weight excluding hydrogens is 272 g/mol. The van der Waals surface area contributed by atoms with Gasteiger partial charge in [-0.3, -0.25) is 4.79 Å². The third-order valence-corrected chi connectivity index (χ3v) is 3.48. The average molecular weight is 300 g/mol. The molecule has 21 heavy (non-hydrogen) atoms. The Morgan fingerprint density at radius 3 is 2.57 bits per heavy atom. The fourth-order valence-electron chi connectivity index (χ4n) is 2.62. The summed E-state index contributed by atoms with van der Waals surface area (Å²) in [5.74, 6) is -1.15. The minimum absolute atomic E-state index is 0.346. The van der Waals surface area contributed by atoms with E-state index in [9.17, 15) is 9.90 Å². The van der Waals surface area contributed by atoms with Gasteiger partial charge in [-0.1, -0.05) is 19.4 Å². The van der Waals surface area contributed by atoms with Crippen molar-refractivity contribution < 1.29 is 24.1 Å². The molecule has 1 aliphatic rings. The molecule has 0 amide bonds. The summed E-state index contributed by atoms with van der Waals surface area (Å²) < 4.78 is 17.1. The van der Waals surface area contributed by atoms with Crippen LogP contribution in [0.2, 0.25) is 0 Å². The van der Waals surface area contributed by atoms with Crippen LogP contribution < -0.4 is 0 Å². The van der Waals surface area contributed by atoms with E-state index in [1.807, 2.05) is 0 Å². The minimum atomic E-state index is -0.803. The van der Waals surface area contributed by atoms with E-state index in [0.717, 1.165) is 12.8 Å². The zero-order valence-electron chi connectivity index (χ0n) is 13.5. The number of carbonyl (C=O) groups excluding carboxylic acids is 1. The molecule has 0 aliphatic carbocycles. The Hall–Kier alpha value is -0.910. The Kier molecular flexibility index (Phi) is 6.84. The van der Waals surface area contributed by atoms with Crippen molar-refractivity contribution >= 4 is 5.97 Å². The van der Waals surface area contributed by atoms with Crippen molar-refractivity contribution in [3.05, 3.63) is 12.7 Å². The molecule has 0 aromatic heterocycles. The van der Waals surface area contributed by atoms with Gasteiger partial charge in [0.1, 0.15) is 18.3 Å². The zero-order valence-corrected chi connectivity index (χ0v) is 13.5. The van der Waals surface area contributed by atoms with Crippen LogP contribution in [0.3, 0.4) is 0 Å². The Morgan fingerprint density at radius 1 is 1.43 bits per heavy atom. The highest BCUT2D eigenvalue weighted by Gasteiger charge is 2.48. The Bertz CT molecular complexity index is 353. The molecule has 4 atom stereocenters. The summed E-state index contributed by atoms with van der Waals surface area (Å²) in [4.78, 5) is 11.3. The van der Waals surface area contributed by atoms with Gasteiger partial charge in [0.05, 0.1) is 6.10 Å². The van der Waals surface area contributed by atoms with Crippen LogP contribution in [-0.4, -0.2) is 41.3 Å². The quantitative estimate of drug-likeness (QED) is 0.551. The minimum Gasteiger partial charge on any atom is -0.460 e. The molecular formula is C16H28O5. The number of carbonyl (C=O) groups is 1. The summed E-state index contributed by atoms with van der Waals surface area (Å²) in [6.07, 6.45) is 2.52. The molecule has 0 aromatic rings. The van der Waals surface area contributed by atoms with Crippen LogP contribution in [0.15, 0.2) is 12.7 Å². The number of unbranched alkanes of at least 4 members (excludes halogenated alkanes) is 1. The van der Waals surface area contributed by atoms with E-state index in [2.05, 4.69) is 13.5 Å². The Morgan fingerprint density at radius 2 is 2.05 bits per heavy atom. The van der Waals surface area contributed by atoms with Crippen LogP contribution in [0.1, 0.15) is 53.4 Å². The second kappa shape index (κ2) is 7.92. The maximum Gasteiger partial charge on any atom is 0.302 e. The van der Waals surface area contributed by atoms with Crippen molar-refractivity contribution in [2.45, 2.75) is 83.6 Å². The highest BCUT2D eigenvalue weighted by molar-refractivity contribution is 5.66. The first kappa shape index (κ1) is 18.1. The number of aliphatic hydroxyl groups excluding tert-OH is 1. The van der Waals surface area contributed by atoms with Crippen LogP contribution in [0.4, 0.5) is 0 Å². The third-order valence-electron chi connectivity index (χ3n) is 3.48. The fourth-order valence-corrected chi connectivity index (χ4v) is 2.62. The number of esters is 1. The van der Waals surface area contributed by atoms with Crippen molar-refractivity contribution in [2.75, 3.05) is 0 Å². The molecule has 1 aliphatic heterocycles. The molecule has 0 saturated carbocycles. The van der Waals surface area contributed by atoms with Crippen molar-refractivity contribution in [2.24, 2.45) is 0 Å². The molecule has 5 heteroatoms. The molecule has 1 rings (SSSR count). The van der Waals surface area contributed by atoms with E-state index in [-0.39, 0.29) is 5.97 Å². The standard InChI is InChI=1S/C16H28O5/c1-6-8-10-13(19-11(3)17)15-14(12(18)9-7-2)20-16(4,5)21-15/h7,12-15,18H,2,6,8-10H2,1,3-5H3/t12-,13-,14+,15-/m0/s1. The zero-order chi connectivity index (χ0) is 16.0. The molecule has 0 bridgehead atoms. The lowest BCUT2D eigenvalue weighted by molar-refractivity contribution is -0.171. The first-order valence-corrected chi connectivity index (χ1v) is 7.62. The molecule has 0 spiro atoms. The molecule has 122 valence electrons. The van der Waals surface area contributed by atoms with Gasteiger partial charge in [-0.25, -0.2) is 0 Å². The summed E-state index contributed by atoms with van der Waals surface area (Å²) >= 11 is 0. The van der Waals surface area contributed by atoms with Gasteiger partial charge < -0.3 is 19.3 Å². The van der Waals surface area contributed by atoms with Crippen molar-refractivity contribution in [3.63, 3.8) is 0 Å². The number of ether oxygens (including phenoxy) is 3. The van der Waals surface area contributed by atoms with Gasteiger partial charge in [-0.05, 0) is 33.1 Å². The van der Waals surface area contributed by atoms with Gasteiger partial charge in [0, 0.05) is 6.92 Å². The van der Waals surface area contributed by atoms with Gasteiger partial charge in [0.2, 0.25) is 0 Å². The lowest BCUT2D eigenvalue weighted by Gasteiger charge is -2.28. The molecule has 0 aromatic carbocycles. The summed E-state index contributed by atoms with van der Waals surface area (Å²) in [5.41, 5.74) is 0. The van der Waals surface area contributed by atoms with Gasteiger partial charge in [-0.2, -0.15) is 0 Å².